The van der Waals surface area contributed by atoms with Gasteiger partial charge in [0.1, 0.15) is 6.54 Å². The maximum atomic E-state index is 11.3. The van der Waals surface area contributed by atoms with Gasteiger partial charge in [-0.25, -0.2) is 0 Å². The molecule has 1 fully saturated rings. The molecule has 1 saturated carbocycles. The third-order valence-electron chi connectivity index (χ3n) is 4.01. The van der Waals surface area contributed by atoms with Crippen LogP contribution in [0.2, 0.25) is 0 Å². The number of hydrogen-bond acceptors (Lipinski definition) is 3. The largest absolute Gasteiger partial charge is 0.380 e. The molecule has 5 nitrogen and oxygen atoms in total. The third kappa shape index (κ3) is 3.98. The van der Waals surface area contributed by atoms with E-state index >= 15 is 0 Å². The number of nitrogens with one attached hydrogen (secondary N) is 2. The summed E-state index contributed by atoms with van der Waals surface area (Å²) in [5.74, 6) is 0.882. The van der Waals surface area contributed by atoms with Crippen LogP contribution in [0.3, 0.4) is 0 Å². The van der Waals surface area contributed by atoms with Crippen LogP contribution in [-0.2, 0) is 11.3 Å². The molecule has 1 aliphatic carbocycles. The predicted octanol–water partition coefficient (Wildman–Crippen LogP) is 2.01. The number of anilines is 1. The van der Waals surface area contributed by atoms with E-state index in [-0.39, 0.29) is 12.5 Å². The topological polar surface area (TPSA) is 59.0 Å². The first kappa shape index (κ1) is 13.9. The van der Waals surface area contributed by atoms with E-state index in [1.165, 1.54) is 32.1 Å². The molecule has 1 aromatic rings. The highest BCUT2D eigenvalue weighted by Gasteiger charge is 2.20. The summed E-state index contributed by atoms with van der Waals surface area (Å²) in [4.78, 5) is 11.3. The van der Waals surface area contributed by atoms with E-state index in [0.717, 1.165) is 11.6 Å². The van der Waals surface area contributed by atoms with Crippen molar-refractivity contribution in [1.29, 1.82) is 0 Å². The van der Waals surface area contributed by atoms with Crippen molar-refractivity contribution in [1.82, 2.24) is 15.1 Å². The molecule has 1 heterocycles. The number of aromatic nitrogens is 2. The molecular weight excluding hydrogens is 240 g/mol. The summed E-state index contributed by atoms with van der Waals surface area (Å²) in [6.07, 6.45) is 10.1. The molecule has 1 amide bonds. The molecule has 1 aliphatic rings. The van der Waals surface area contributed by atoms with Crippen LogP contribution < -0.4 is 10.6 Å². The zero-order valence-electron chi connectivity index (χ0n) is 11.9. The van der Waals surface area contributed by atoms with E-state index in [2.05, 4.69) is 22.7 Å². The van der Waals surface area contributed by atoms with Crippen molar-refractivity contribution in [2.75, 3.05) is 12.4 Å². The Balaban J connectivity index is 1.82. The first-order valence-electron chi connectivity index (χ1n) is 7.20. The van der Waals surface area contributed by atoms with Crippen LogP contribution in [-0.4, -0.2) is 28.8 Å². The number of rotatable bonds is 5. The second-order valence-corrected chi connectivity index (χ2v) is 5.37. The SMILES string of the molecule is CCC1CCC(Nc2cnn(CC(=O)NC)c2)CC1. The highest BCUT2D eigenvalue weighted by Crippen LogP contribution is 2.28. The fourth-order valence-corrected chi connectivity index (χ4v) is 2.70. The van der Waals surface area contributed by atoms with E-state index in [1.54, 1.807) is 17.9 Å². The van der Waals surface area contributed by atoms with Crippen LogP contribution in [0.5, 0.6) is 0 Å². The number of amides is 1. The van der Waals surface area contributed by atoms with Crippen molar-refractivity contribution in [3.05, 3.63) is 12.4 Å². The summed E-state index contributed by atoms with van der Waals surface area (Å²) in [7, 11) is 1.64. The smallest absolute Gasteiger partial charge is 0.241 e. The molecule has 0 atom stereocenters. The second-order valence-electron chi connectivity index (χ2n) is 5.37. The van der Waals surface area contributed by atoms with Crippen LogP contribution >= 0.6 is 0 Å². The lowest BCUT2D eigenvalue weighted by Crippen LogP contribution is -2.25. The van der Waals surface area contributed by atoms with Gasteiger partial charge in [-0.15, -0.1) is 0 Å². The molecule has 0 aromatic carbocycles. The molecule has 2 N–H and O–H groups in total. The van der Waals surface area contributed by atoms with Crippen molar-refractivity contribution in [2.24, 2.45) is 5.92 Å². The molecular formula is C14H24N4O. The number of likely N-dealkylation sites (N-methyl/N-ethyl adjacent to an activating group) is 1. The van der Waals surface area contributed by atoms with Gasteiger partial charge in [-0.3, -0.25) is 9.48 Å². The van der Waals surface area contributed by atoms with Crippen molar-refractivity contribution in [3.63, 3.8) is 0 Å². The lowest BCUT2D eigenvalue weighted by atomic mass is 9.84. The predicted molar refractivity (Wildman–Crippen MR) is 76.0 cm³/mol. The van der Waals surface area contributed by atoms with E-state index in [4.69, 9.17) is 0 Å². The van der Waals surface area contributed by atoms with Crippen LogP contribution in [0.15, 0.2) is 12.4 Å². The molecule has 2 rings (SSSR count). The Morgan fingerprint density at radius 1 is 1.42 bits per heavy atom. The van der Waals surface area contributed by atoms with Crippen LogP contribution in [0.25, 0.3) is 0 Å². The van der Waals surface area contributed by atoms with E-state index in [1.807, 2.05) is 6.20 Å². The average molecular weight is 264 g/mol. The average Bonchev–Trinajstić information content (AvgIpc) is 2.86. The fourth-order valence-electron chi connectivity index (χ4n) is 2.70. The fraction of sp³-hybridized carbons (Fsp3) is 0.714. The zero-order chi connectivity index (χ0) is 13.7. The van der Waals surface area contributed by atoms with E-state index in [0.29, 0.717) is 6.04 Å². The standard InChI is InChI=1S/C14H24N4O/c1-3-11-4-6-12(7-5-11)17-13-8-16-18(9-13)10-14(19)15-2/h8-9,11-12,17H,3-7,10H2,1-2H3,(H,15,19). The third-order valence-corrected chi connectivity index (χ3v) is 4.01. The molecule has 19 heavy (non-hydrogen) atoms. The van der Waals surface area contributed by atoms with Gasteiger partial charge in [0.2, 0.25) is 5.91 Å². The van der Waals surface area contributed by atoms with Gasteiger partial charge >= 0.3 is 0 Å². The van der Waals surface area contributed by atoms with Gasteiger partial charge in [-0.2, -0.15) is 5.10 Å². The molecule has 106 valence electrons. The van der Waals surface area contributed by atoms with Gasteiger partial charge in [0.15, 0.2) is 0 Å². The number of carbonyl (C=O) groups excluding carboxylic acids is 1. The minimum atomic E-state index is -0.0295. The van der Waals surface area contributed by atoms with Gasteiger partial charge in [0.05, 0.1) is 11.9 Å². The maximum Gasteiger partial charge on any atom is 0.241 e. The number of hydrogen-bond donors (Lipinski definition) is 2. The summed E-state index contributed by atoms with van der Waals surface area (Å²) in [6.45, 7) is 2.56. The summed E-state index contributed by atoms with van der Waals surface area (Å²) in [5.41, 5.74) is 1.02. The molecule has 0 bridgehead atoms. The van der Waals surface area contributed by atoms with Crippen molar-refractivity contribution >= 4 is 11.6 Å². The molecule has 5 heteroatoms. The highest BCUT2D eigenvalue weighted by molar-refractivity contribution is 5.75. The minimum absolute atomic E-state index is 0.0295. The van der Waals surface area contributed by atoms with Crippen LogP contribution in [0.1, 0.15) is 39.0 Å². The van der Waals surface area contributed by atoms with Gasteiger partial charge in [-0.05, 0) is 31.6 Å². The Morgan fingerprint density at radius 2 is 2.16 bits per heavy atom. The normalized spacial score (nSPS) is 23.1. The Bertz CT molecular complexity index is 407. The van der Waals surface area contributed by atoms with Crippen LogP contribution in [0.4, 0.5) is 5.69 Å². The monoisotopic (exact) mass is 264 g/mol. The first-order valence-corrected chi connectivity index (χ1v) is 7.20. The number of nitrogens with zero attached hydrogens (tertiary/aromatic N) is 2. The lowest BCUT2D eigenvalue weighted by Gasteiger charge is -2.28. The summed E-state index contributed by atoms with van der Waals surface area (Å²) < 4.78 is 1.67. The van der Waals surface area contributed by atoms with Crippen molar-refractivity contribution in [3.8, 4) is 0 Å². The van der Waals surface area contributed by atoms with E-state index in [9.17, 15) is 4.79 Å². The van der Waals surface area contributed by atoms with E-state index < -0.39 is 0 Å². The Hall–Kier alpha value is -1.52. The summed E-state index contributed by atoms with van der Waals surface area (Å²) in [6, 6.07) is 0.556. The molecule has 0 saturated heterocycles. The Kier molecular flexibility index (Phi) is 4.82. The Labute approximate surface area is 114 Å². The first-order chi connectivity index (χ1) is 9.21. The highest BCUT2D eigenvalue weighted by atomic mass is 16.1. The number of carbonyl (C=O) groups is 1. The van der Waals surface area contributed by atoms with Gasteiger partial charge in [0, 0.05) is 19.3 Å². The zero-order valence-corrected chi connectivity index (χ0v) is 11.9. The molecule has 1 aromatic heterocycles. The van der Waals surface area contributed by atoms with Crippen LogP contribution in [0, 0.1) is 5.92 Å². The van der Waals surface area contributed by atoms with Gasteiger partial charge in [0.25, 0.3) is 0 Å². The summed E-state index contributed by atoms with van der Waals surface area (Å²) in [5, 5.41) is 10.3. The quantitative estimate of drug-likeness (QED) is 0.855. The summed E-state index contributed by atoms with van der Waals surface area (Å²) >= 11 is 0. The van der Waals surface area contributed by atoms with Gasteiger partial charge < -0.3 is 10.6 Å². The lowest BCUT2D eigenvalue weighted by molar-refractivity contribution is -0.121. The van der Waals surface area contributed by atoms with Crippen molar-refractivity contribution < 1.29 is 4.79 Å². The van der Waals surface area contributed by atoms with Crippen molar-refractivity contribution in [2.45, 2.75) is 51.6 Å². The Morgan fingerprint density at radius 3 is 2.79 bits per heavy atom. The maximum absolute atomic E-state index is 11.3. The van der Waals surface area contributed by atoms with Gasteiger partial charge in [-0.1, -0.05) is 13.3 Å². The molecule has 0 aliphatic heterocycles. The second kappa shape index (κ2) is 6.59. The minimum Gasteiger partial charge on any atom is -0.380 e. The molecule has 0 radical (unpaired) electrons. The molecule has 0 spiro atoms. The molecule has 0 unspecified atom stereocenters.